The standard InChI is InChI=1S/C28H25F5N4O5/c1-13-8-17(15-6-7-40-12-18(15)28(31,32)33)26(34-10-13)41-14-9-19(27(38)39)37(11-14)25-22-21(35-24(36-25)23(29)30)16-4-2-3-5-20(16)42-22/h2-5,8,10,14-15,18-19,23H,6-7,9,11-12H2,1H3,(H,38,39)/t14-,15?,18-,19-/m0/s1. The zero-order valence-electron chi connectivity index (χ0n) is 22.1. The zero-order chi connectivity index (χ0) is 29.8. The first-order valence-electron chi connectivity index (χ1n) is 13.3. The Morgan fingerprint density at radius 2 is 2.00 bits per heavy atom. The summed E-state index contributed by atoms with van der Waals surface area (Å²) in [5.41, 5.74) is 1.40. The smallest absolute Gasteiger partial charge is 0.394 e. The Kier molecular flexibility index (Phi) is 7.11. The van der Waals surface area contributed by atoms with Crippen LogP contribution in [0.15, 0.2) is 40.9 Å². The van der Waals surface area contributed by atoms with Crippen LogP contribution in [0.1, 0.15) is 42.1 Å². The second-order valence-corrected chi connectivity index (χ2v) is 10.5. The second kappa shape index (κ2) is 10.6. The number of anilines is 1. The summed E-state index contributed by atoms with van der Waals surface area (Å²) >= 11 is 0. The molecule has 2 fully saturated rings. The van der Waals surface area contributed by atoms with Crippen molar-refractivity contribution in [1.29, 1.82) is 0 Å². The molecule has 1 unspecified atom stereocenters. The topological polar surface area (TPSA) is 111 Å². The molecule has 4 aromatic rings. The third kappa shape index (κ3) is 5.08. The zero-order valence-corrected chi connectivity index (χ0v) is 22.1. The van der Waals surface area contributed by atoms with Crippen LogP contribution in [0.2, 0.25) is 0 Å². The van der Waals surface area contributed by atoms with E-state index in [1.54, 1.807) is 37.3 Å². The van der Waals surface area contributed by atoms with Crippen molar-refractivity contribution in [3.8, 4) is 5.88 Å². The summed E-state index contributed by atoms with van der Waals surface area (Å²) < 4.78 is 86.5. The van der Waals surface area contributed by atoms with Crippen LogP contribution in [-0.2, 0) is 9.53 Å². The molecule has 3 aromatic heterocycles. The molecule has 4 atom stereocenters. The van der Waals surface area contributed by atoms with Gasteiger partial charge in [-0.3, -0.25) is 0 Å². The number of carbonyl (C=O) groups is 1. The normalized spacial score (nSPS) is 23.3. The van der Waals surface area contributed by atoms with Gasteiger partial charge in [0, 0.05) is 36.1 Å². The van der Waals surface area contributed by atoms with E-state index in [2.05, 4.69) is 15.0 Å². The quantitative estimate of drug-likeness (QED) is 0.277. The van der Waals surface area contributed by atoms with Crippen molar-refractivity contribution >= 4 is 33.9 Å². The van der Waals surface area contributed by atoms with Crippen LogP contribution < -0.4 is 9.64 Å². The Hall–Kier alpha value is -4.07. The van der Waals surface area contributed by atoms with E-state index in [0.717, 1.165) is 0 Å². The molecule has 14 heteroatoms. The molecule has 2 saturated heterocycles. The fourth-order valence-corrected chi connectivity index (χ4v) is 5.77. The Morgan fingerprint density at radius 1 is 1.21 bits per heavy atom. The number of benzene rings is 1. The highest BCUT2D eigenvalue weighted by Gasteiger charge is 2.48. The minimum Gasteiger partial charge on any atom is -0.480 e. The van der Waals surface area contributed by atoms with Gasteiger partial charge in [-0.05, 0) is 37.1 Å². The Morgan fingerprint density at radius 3 is 2.74 bits per heavy atom. The summed E-state index contributed by atoms with van der Waals surface area (Å²) in [4.78, 5) is 25.9. The second-order valence-electron chi connectivity index (χ2n) is 10.5. The Labute approximate surface area is 235 Å². The van der Waals surface area contributed by atoms with Crippen molar-refractivity contribution in [2.75, 3.05) is 24.7 Å². The summed E-state index contributed by atoms with van der Waals surface area (Å²) in [5, 5.41) is 10.5. The molecule has 0 aliphatic carbocycles. The van der Waals surface area contributed by atoms with Gasteiger partial charge < -0.3 is 23.9 Å². The monoisotopic (exact) mass is 592 g/mol. The van der Waals surface area contributed by atoms with Crippen LogP contribution in [0.5, 0.6) is 5.88 Å². The van der Waals surface area contributed by atoms with E-state index in [1.165, 1.54) is 11.1 Å². The molecule has 6 rings (SSSR count). The summed E-state index contributed by atoms with van der Waals surface area (Å²) in [5.74, 6) is -4.97. The Bertz CT molecular complexity index is 1640. The summed E-state index contributed by atoms with van der Waals surface area (Å²) in [6.07, 6.45) is -6.98. The molecule has 0 amide bonds. The number of para-hydroxylation sites is 1. The maximum absolute atomic E-state index is 13.9. The van der Waals surface area contributed by atoms with Crippen LogP contribution in [0.4, 0.5) is 27.8 Å². The average molecular weight is 593 g/mol. The fourth-order valence-electron chi connectivity index (χ4n) is 5.77. The molecule has 42 heavy (non-hydrogen) atoms. The van der Waals surface area contributed by atoms with Gasteiger partial charge in [0.05, 0.1) is 19.1 Å². The highest BCUT2D eigenvalue weighted by atomic mass is 19.4. The van der Waals surface area contributed by atoms with Crippen LogP contribution >= 0.6 is 0 Å². The number of pyridine rings is 1. The summed E-state index contributed by atoms with van der Waals surface area (Å²) in [6, 6.07) is 6.99. The molecule has 0 spiro atoms. The van der Waals surface area contributed by atoms with E-state index < -0.39 is 55.0 Å². The number of furan rings is 1. The number of aryl methyl sites for hydroxylation is 1. The molecule has 1 N–H and O–H groups in total. The maximum Gasteiger partial charge on any atom is 0.394 e. The number of alkyl halides is 5. The van der Waals surface area contributed by atoms with Crippen molar-refractivity contribution in [3.05, 3.63) is 53.5 Å². The van der Waals surface area contributed by atoms with E-state index in [1.807, 2.05) is 0 Å². The molecule has 2 aliphatic heterocycles. The molecule has 9 nitrogen and oxygen atoms in total. The highest BCUT2D eigenvalue weighted by molar-refractivity contribution is 6.06. The largest absolute Gasteiger partial charge is 0.480 e. The molecule has 0 saturated carbocycles. The van der Waals surface area contributed by atoms with E-state index >= 15 is 0 Å². The molecule has 0 bridgehead atoms. The van der Waals surface area contributed by atoms with E-state index in [4.69, 9.17) is 13.9 Å². The minimum absolute atomic E-state index is 0.0388. The lowest BCUT2D eigenvalue weighted by Gasteiger charge is -2.34. The molecular formula is C28H25F5N4O5. The van der Waals surface area contributed by atoms with Crippen molar-refractivity contribution in [2.45, 2.75) is 50.4 Å². The number of fused-ring (bicyclic) bond motifs is 3. The van der Waals surface area contributed by atoms with Gasteiger partial charge in [0.25, 0.3) is 6.43 Å². The Balaban J connectivity index is 1.37. The van der Waals surface area contributed by atoms with Crippen molar-refractivity contribution in [1.82, 2.24) is 15.0 Å². The third-order valence-corrected chi connectivity index (χ3v) is 7.70. The average Bonchev–Trinajstić information content (AvgIpc) is 3.55. The van der Waals surface area contributed by atoms with Crippen molar-refractivity contribution in [3.63, 3.8) is 0 Å². The van der Waals surface area contributed by atoms with Gasteiger partial charge in [-0.2, -0.15) is 13.2 Å². The lowest BCUT2D eigenvalue weighted by atomic mass is 9.82. The van der Waals surface area contributed by atoms with Gasteiger partial charge in [0.1, 0.15) is 23.2 Å². The molecule has 222 valence electrons. The van der Waals surface area contributed by atoms with E-state index in [9.17, 15) is 31.9 Å². The van der Waals surface area contributed by atoms with Crippen LogP contribution in [0, 0.1) is 12.8 Å². The summed E-state index contributed by atoms with van der Waals surface area (Å²) in [6.45, 7) is 1.21. The summed E-state index contributed by atoms with van der Waals surface area (Å²) in [7, 11) is 0. The molecule has 0 radical (unpaired) electrons. The number of ether oxygens (including phenoxy) is 2. The number of aromatic nitrogens is 3. The number of rotatable bonds is 6. The van der Waals surface area contributed by atoms with Gasteiger partial charge in [-0.25, -0.2) is 28.5 Å². The van der Waals surface area contributed by atoms with E-state index in [-0.39, 0.29) is 54.4 Å². The molecular weight excluding hydrogens is 567 g/mol. The maximum atomic E-state index is 13.9. The van der Waals surface area contributed by atoms with Crippen LogP contribution in [0.3, 0.4) is 0 Å². The number of carboxylic acids is 1. The lowest BCUT2D eigenvalue weighted by molar-refractivity contribution is -0.205. The van der Waals surface area contributed by atoms with Gasteiger partial charge in [0.2, 0.25) is 5.88 Å². The predicted molar refractivity (Wildman–Crippen MR) is 139 cm³/mol. The third-order valence-electron chi connectivity index (χ3n) is 7.70. The van der Waals surface area contributed by atoms with Crippen molar-refractivity contribution < 1.29 is 45.7 Å². The lowest BCUT2D eigenvalue weighted by Crippen LogP contribution is -2.37. The van der Waals surface area contributed by atoms with Gasteiger partial charge in [-0.1, -0.05) is 12.1 Å². The fraction of sp³-hybridized carbons (Fsp3) is 0.429. The SMILES string of the molecule is Cc1cnc(O[C@H]2C[C@@H](C(=O)O)N(c3nc(C(F)F)nc4c3oc3ccccc34)C2)c(C2CCOC[C@@H]2C(F)(F)F)c1. The van der Waals surface area contributed by atoms with Gasteiger partial charge in [-0.15, -0.1) is 0 Å². The highest BCUT2D eigenvalue weighted by Crippen LogP contribution is 2.45. The number of nitrogens with zero attached hydrogens (tertiary/aromatic N) is 4. The molecule has 5 heterocycles. The number of halogens is 5. The number of aliphatic carboxylic acids is 1. The first kappa shape index (κ1) is 28.1. The predicted octanol–water partition coefficient (Wildman–Crippen LogP) is 5.81. The first-order chi connectivity index (χ1) is 20.0. The molecule has 1 aromatic carbocycles. The van der Waals surface area contributed by atoms with E-state index in [0.29, 0.717) is 16.5 Å². The number of carboxylic acid groups (broad SMARTS) is 1. The first-order valence-corrected chi connectivity index (χ1v) is 13.3. The molecule has 2 aliphatic rings. The minimum atomic E-state index is -4.52. The van der Waals surface area contributed by atoms with Crippen molar-refractivity contribution in [2.24, 2.45) is 5.92 Å². The van der Waals surface area contributed by atoms with Crippen LogP contribution in [-0.4, -0.2) is 64.1 Å². The van der Waals surface area contributed by atoms with Gasteiger partial charge >= 0.3 is 12.1 Å². The van der Waals surface area contributed by atoms with Crippen LogP contribution in [0.25, 0.3) is 22.1 Å². The number of hydrogen-bond donors (Lipinski definition) is 1. The van der Waals surface area contributed by atoms with Gasteiger partial charge in [0.15, 0.2) is 17.2 Å². The number of hydrogen-bond acceptors (Lipinski definition) is 8.